The monoisotopic (exact) mass is 367 g/mol. The molecule has 0 saturated carbocycles. The largest absolute Gasteiger partial charge is 0.462 e. The summed E-state index contributed by atoms with van der Waals surface area (Å²) in [5.41, 5.74) is -0.229. The lowest BCUT2D eigenvalue weighted by Gasteiger charge is -2.08. The number of rotatable bonds is 5. The Balaban J connectivity index is 2.67. The van der Waals surface area contributed by atoms with Gasteiger partial charge in [-0.25, -0.2) is 9.59 Å². The molecule has 138 valence electrons. The Hall–Kier alpha value is -3.66. The number of carbonyl (C=O) groups excluding carboxylic acids is 2. The highest BCUT2D eigenvalue weighted by Gasteiger charge is 2.26. The maximum Gasteiger partial charge on any atom is 0.339 e. The van der Waals surface area contributed by atoms with E-state index in [1.54, 1.807) is 38.1 Å². The van der Waals surface area contributed by atoms with Gasteiger partial charge < -0.3 is 9.47 Å². The van der Waals surface area contributed by atoms with E-state index < -0.39 is 22.5 Å². The highest BCUT2D eigenvalue weighted by Crippen LogP contribution is 2.26. The molecular weight excluding hydrogens is 350 g/mol. The minimum absolute atomic E-state index is 0.0712. The molecular formula is C20H17NO6. The van der Waals surface area contributed by atoms with Gasteiger partial charge in [-0.2, -0.15) is 0 Å². The van der Waals surface area contributed by atoms with E-state index in [1.807, 2.05) is 6.07 Å². The van der Waals surface area contributed by atoms with E-state index in [0.29, 0.717) is 5.56 Å². The van der Waals surface area contributed by atoms with Gasteiger partial charge in [0.1, 0.15) is 5.56 Å². The predicted octanol–water partition coefficient (Wildman–Crippen LogP) is 3.35. The molecule has 0 amide bonds. The molecule has 0 aromatic heterocycles. The van der Waals surface area contributed by atoms with E-state index in [0.717, 1.165) is 6.07 Å². The second kappa shape index (κ2) is 9.15. The average molecular weight is 367 g/mol. The topological polar surface area (TPSA) is 95.7 Å². The quantitative estimate of drug-likeness (QED) is 0.348. The molecule has 2 rings (SSSR count). The number of nitrogens with zero attached hydrogens (tertiary/aromatic N) is 1. The minimum Gasteiger partial charge on any atom is -0.462 e. The van der Waals surface area contributed by atoms with Crippen LogP contribution in [0.3, 0.4) is 0 Å². The van der Waals surface area contributed by atoms with Gasteiger partial charge in [0.05, 0.1) is 29.3 Å². The standard InChI is InChI=1S/C20H17NO6/c1-3-26-19(22)15-12-17(20(23)27-4-2)16(18(13-15)21(24)25)11-10-14-8-6-5-7-9-14/h5-9,12-13H,3-4H2,1-2H3. The lowest BCUT2D eigenvalue weighted by atomic mass is 10.0. The first-order valence-corrected chi connectivity index (χ1v) is 8.21. The molecule has 0 aliphatic heterocycles. The van der Waals surface area contributed by atoms with Crippen LogP contribution in [0.25, 0.3) is 0 Å². The Morgan fingerprint density at radius 3 is 2.22 bits per heavy atom. The first-order chi connectivity index (χ1) is 13.0. The summed E-state index contributed by atoms with van der Waals surface area (Å²) in [7, 11) is 0. The lowest BCUT2D eigenvalue weighted by Crippen LogP contribution is -2.13. The lowest BCUT2D eigenvalue weighted by molar-refractivity contribution is -0.385. The zero-order valence-electron chi connectivity index (χ0n) is 14.9. The number of nitro groups is 1. The SMILES string of the molecule is CCOC(=O)c1cc(C(=O)OCC)c(C#Cc2ccccc2)c([N+](=O)[O-])c1. The molecule has 0 radical (unpaired) electrons. The van der Waals surface area contributed by atoms with Gasteiger partial charge in [0, 0.05) is 11.6 Å². The van der Waals surface area contributed by atoms with Gasteiger partial charge in [0.2, 0.25) is 0 Å². The second-order valence-corrected chi connectivity index (χ2v) is 5.23. The molecule has 0 bridgehead atoms. The van der Waals surface area contributed by atoms with Gasteiger partial charge in [-0.05, 0) is 32.0 Å². The number of hydrogen-bond donors (Lipinski definition) is 0. The summed E-state index contributed by atoms with van der Waals surface area (Å²) < 4.78 is 9.85. The van der Waals surface area contributed by atoms with Crippen LogP contribution in [-0.4, -0.2) is 30.1 Å². The normalized spacial score (nSPS) is 9.70. The maximum absolute atomic E-state index is 12.3. The van der Waals surface area contributed by atoms with Crippen LogP contribution in [0, 0.1) is 22.0 Å². The molecule has 0 aliphatic carbocycles. The van der Waals surface area contributed by atoms with Gasteiger partial charge in [-0.1, -0.05) is 30.0 Å². The summed E-state index contributed by atoms with van der Waals surface area (Å²) in [6.07, 6.45) is 0. The summed E-state index contributed by atoms with van der Waals surface area (Å²) in [6, 6.07) is 11.1. The van der Waals surface area contributed by atoms with Crippen LogP contribution in [0.2, 0.25) is 0 Å². The molecule has 7 heteroatoms. The van der Waals surface area contributed by atoms with Crippen LogP contribution < -0.4 is 0 Å². The Morgan fingerprint density at radius 2 is 1.63 bits per heavy atom. The Kier molecular flexibility index (Phi) is 6.67. The van der Waals surface area contributed by atoms with Gasteiger partial charge in [-0.15, -0.1) is 0 Å². The van der Waals surface area contributed by atoms with E-state index >= 15 is 0 Å². The third-order valence-electron chi connectivity index (χ3n) is 3.43. The summed E-state index contributed by atoms with van der Waals surface area (Å²) in [6.45, 7) is 3.38. The Labute approximate surface area is 156 Å². The van der Waals surface area contributed by atoms with E-state index in [-0.39, 0.29) is 29.9 Å². The molecule has 0 heterocycles. The number of esters is 2. The number of ether oxygens (including phenoxy) is 2. The first kappa shape index (κ1) is 19.7. The summed E-state index contributed by atoms with van der Waals surface area (Å²) in [5.74, 6) is 3.89. The minimum atomic E-state index is -0.802. The van der Waals surface area contributed by atoms with Crippen molar-refractivity contribution in [3.63, 3.8) is 0 Å². The predicted molar refractivity (Wildman–Crippen MR) is 97.4 cm³/mol. The Morgan fingerprint density at radius 1 is 1.00 bits per heavy atom. The number of nitro benzene ring substituents is 1. The van der Waals surface area contributed by atoms with Gasteiger partial charge in [0.15, 0.2) is 0 Å². The third kappa shape index (κ3) is 4.92. The molecule has 0 fully saturated rings. The maximum atomic E-state index is 12.3. The van der Waals surface area contributed by atoms with Crippen LogP contribution >= 0.6 is 0 Å². The molecule has 0 unspecified atom stereocenters. The van der Waals surface area contributed by atoms with Crippen molar-refractivity contribution in [3.05, 3.63) is 74.8 Å². The van der Waals surface area contributed by atoms with Gasteiger partial charge in [-0.3, -0.25) is 10.1 Å². The zero-order valence-corrected chi connectivity index (χ0v) is 14.9. The third-order valence-corrected chi connectivity index (χ3v) is 3.43. The van der Waals surface area contributed by atoms with Crippen LogP contribution in [0.1, 0.15) is 45.7 Å². The van der Waals surface area contributed by atoms with Gasteiger partial charge in [0.25, 0.3) is 5.69 Å². The fraction of sp³-hybridized carbons (Fsp3) is 0.200. The van der Waals surface area contributed by atoms with Crippen LogP contribution in [-0.2, 0) is 9.47 Å². The molecule has 0 atom stereocenters. The fourth-order valence-electron chi connectivity index (χ4n) is 2.26. The van der Waals surface area contributed by atoms with E-state index in [9.17, 15) is 19.7 Å². The van der Waals surface area contributed by atoms with Crippen molar-refractivity contribution >= 4 is 17.6 Å². The van der Waals surface area contributed by atoms with E-state index in [4.69, 9.17) is 9.47 Å². The molecule has 0 spiro atoms. The Bertz CT molecular complexity index is 925. The average Bonchev–Trinajstić information content (AvgIpc) is 2.66. The first-order valence-electron chi connectivity index (χ1n) is 8.21. The summed E-state index contributed by atoms with van der Waals surface area (Å²) in [5, 5.41) is 11.5. The zero-order chi connectivity index (χ0) is 19.8. The molecule has 2 aromatic carbocycles. The van der Waals surface area contributed by atoms with Crippen molar-refractivity contribution in [2.75, 3.05) is 13.2 Å². The van der Waals surface area contributed by atoms with Crippen molar-refractivity contribution in [1.29, 1.82) is 0 Å². The molecule has 0 saturated heterocycles. The van der Waals surface area contributed by atoms with E-state index in [2.05, 4.69) is 11.8 Å². The van der Waals surface area contributed by atoms with Crippen molar-refractivity contribution in [1.82, 2.24) is 0 Å². The molecule has 0 aliphatic rings. The van der Waals surface area contributed by atoms with Crippen molar-refractivity contribution in [2.45, 2.75) is 13.8 Å². The number of carbonyl (C=O) groups is 2. The highest BCUT2D eigenvalue weighted by atomic mass is 16.6. The van der Waals surface area contributed by atoms with Crippen LogP contribution in [0.15, 0.2) is 42.5 Å². The van der Waals surface area contributed by atoms with Crippen molar-refractivity contribution in [3.8, 4) is 11.8 Å². The fourth-order valence-corrected chi connectivity index (χ4v) is 2.26. The molecule has 0 N–H and O–H groups in total. The van der Waals surface area contributed by atoms with Crippen LogP contribution in [0.4, 0.5) is 5.69 Å². The molecule has 2 aromatic rings. The smallest absolute Gasteiger partial charge is 0.339 e. The molecule has 27 heavy (non-hydrogen) atoms. The van der Waals surface area contributed by atoms with E-state index in [1.165, 1.54) is 6.07 Å². The molecule has 7 nitrogen and oxygen atoms in total. The second-order valence-electron chi connectivity index (χ2n) is 5.23. The van der Waals surface area contributed by atoms with Gasteiger partial charge >= 0.3 is 11.9 Å². The summed E-state index contributed by atoms with van der Waals surface area (Å²) in [4.78, 5) is 35.2. The van der Waals surface area contributed by atoms with Crippen LogP contribution in [0.5, 0.6) is 0 Å². The highest BCUT2D eigenvalue weighted by molar-refractivity contribution is 5.99. The number of benzene rings is 2. The van der Waals surface area contributed by atoms with Crippen molar-refractivity contribution in [2.24, 2.45) is 0 Å². The van der Waals surface area contributed by atoms with Crippen molar-refractivity contribution < 1.29 is 24.0 Å². The summed E-state index contributed by atoms with van der Waals surface area (Å²) >= 11 is 0. The number of hydrogen-bond acceptors (Lipinski definition) is 6.